The highest BCUT2D eigenvalue weighted by Gasteiger charge is 2.28. The number of halogens is 2. The summed E-state index contributed by atoms with van der Waals surface area (Å²) in [6, 6.07) is 3.49. The van der Waals surface area contributed by atoms with E-state index in [4.69, 9.17) is 16.3 Å². The first-order valence-corrected chi connectivity index (χ1v) is 5.96. The number of morpholine rings is 1. The monoisotopic (exact) mass is 273 g/mol. The molecule has 0 aliphatic carbocycles. The summed E-state index contributed by atoms with van der Waals surface area (Å²) in [4.78, 5) is 13.6. The number of ether oxygens (including phenoxy) is 1. The van der Waals surface area contributed by atoms with Gasteiger partial charge in [0.15, 0.2) is 0 Å². The van der Waals surface area contributed by atoms with Gasteiger partial charge in [-0.1, -0.05) is 11.6 Å². The summed E-state index contributed by atoms with van der Waals surface area (Å²) in [5, 5.41) is 9.42. The molecule has 1 N–H and O–H groups in total. The van der Waals surface area contributed by atoms with Gasteiger partial charge in [0, 0.05) is 11.6 Å². The molecule has 4 nitrogen and oxygen atoms in total. The molecular formula is C12H13ClFNO3. The Labute approximate surface area is 109 Å². The van der Waals surface area contributed by atoms with Crippen LogP contribution < -0.4 is 0 Å². The maximum atomic E-state index is 13.7. The van der Waals surface area contributed by atoms with Gasteiger partial charge in [-0.25, -0.2) is 4.39 Å². The van der Waals surface area contributed by atoms with E-state index in [2.05, 4.69) is 0 Å². The van der Waals surface area contributed by atoms with Crippen molar-refractivity contribution in [2.75, 3.05) is 26.4 Å². The SMILES string of the molecule is O=C(c1ccc(Cl)cc1F)N1CCOCC1CO. The number of benzene rings is 1. The molecule has 1 heterocycles. The molecule has 1 unspecified atom stereocenters. The van der Waals surface area contributed by atoms with Gasteiger partial charge < -0.3 is 14.7 Å². The smallest absolute Gasteiger partial charge is 0.257 e. The topological polar surface area (TPSA) is 49.8 Å². The molecule has 18 heavy (non-hydrogen) atoms. The lowest BCUT2D eigenvalue weighted by Gasteiger charge is -2.34. The number of rotatable bonds is 2. The molecule has 1 aromatic carbocycles. The van der Waals surface area contributed by atoms with Crippen LogP contribution in [0.5, 0.6) is 0 Å². The molecule has 0 bridgehead atoms. The van der Waals surface area contributed by atoms with Gasteiger partial charge in [0.25, 0.3) is 5.91 Å². The van der Waals surface area contributed by atoms with Gasteiger partial charge in [0.2, 0.25) is 0 Å². The predicted octanol–water partition coefficient (Wildman–Crippen LogP) is 1.31. The van der Waals surface area contributed by atoms with Crippen LogP contribution in [0.2, 0.25) is 5.02 Å². The zero-order chi connectivity index (χ0) is 13.1. The fourth-order valence-electron chi connectivity index (χ4n) is 1.89. The molecular weight excluding hydrogens is 261 g/mol. The second kappa shape index (κ2) is 5.65. The molecule has 1 aliphatic heterocycles. The number of aliphatic hydroxyl groups excluding tert-OH is 1. The highest BCUT2D eigenvalue weighted by Crippen LogP contribution is 2.18. The van der Waals surface area contributed by atoms with Crippen molar-refractivity contribution in [1.29, 1.82) is 0 Å². The Balaban J connectivity index is 2.24. The standard InChI is InChI=1S/C12H13ClFNO3/c13-8-1-2-10(11(14)5-8)12(17)15-3-4-18-7-9(15)6-16/h1-2,5,9,16H,3-4,6-7H2. The molecule has 0 saturated carbocycles. The molecule has 1 atom stereocenters. The summed E-state index contributed by atoms with van der Waals surface area (Å²) in [5.41, 5.74) is -0.0419. The molecule has 1 fully saturated rings. The maximum Gasteiger partial charge on any atom is 0.257 e. The number of hydrogen-bond acceptors (Lipinski definition) is 3. The highest BCUT2D eigenvalue weighted by atomic mass is 35.5. The van der Waals surface area contributed by atoms with Crippen LogP contribution in [-0.4, -0.2) is 48.3 Å². The lowest BCUT2D eigenvalue weighted by Crippen LogP contribution is -2.50. The molecule has 2 rings (SSSR count). The van der Waals surface area contributed by atoms with Gasteiger partial charge in [-0.15, -0.1) is 0 Å². The summed E-state index contributed by atoms with van der Waals surface area (Å²) in [6.45, 7) is 0.780. The van der Waals surface area contributed by atoms with Gasteiger partial charge in [-0.2, -0.15) is 0 Å². The highest BCUT2D eigenvalue weighted by molar-refractivity contribution is 6.30. The molecule has 6 heteroatoms. The lowest BCUT2D eigenvalue weighted by molar-refractivity contribution is -0.0185. The van der Waals surface area contributed by atoms with Crippen molar-refractivity contribution in [3.63, 3.8) is 0 Å². The van der Waals surface area contributed by atoms with E-state index in [1.54, 1.807) is 0 Å². The first-order chi connectivity index (χ1) is 8.63. The summed E-state index contributed by atoms with van der Waals surface area (Å²) in [6.07, 6.45) is 0. The summed E-state index contributed by atoms with van der Waals surface area (Å²) in [7, 11) is 0. The molecule has 98 valence electrons. The predicted molar refractivity (Wildman–Crippen MR) is 64.1 cm³/mol. The molecule has 1 aliphatic rings. The molecule has 0 radical (unpaired) electrons. The lowest BCUT2D eigenvalue weighted by atomic mass is 10.1. The normalized spacial score (nSPS) is 19.9. The Kier molecular flexibility index (Phi) is 4.16. The van der Waals surface area contributed by atoms with Crippen LogP contribution in [0.25, 0.3) is 0 Å². The van der Waals surface area contributed by atoms with Crippen LogP contribution in [0.4, 0.5) is 4.39 Å². The van der Waals surface area contributed by atoms with Crippen LogP contribution in [0.3, 0.4) is 0 Å². The summed E-state index contributed by atoms with van der Waals surface area (Å²) >= 11 is 5.64. The van der Waals surface area contributed by atoms with Gasteiger partial charge in [0.1, 0.15) is 5.82 Å². The minimum atomic E-state index is -0.657. The average molecular weight is 274 g/mol. The van der Waals surface area contributed by atoms with Gasteiger partial charge in [-0.05, 0) is 18.2 Å². The van der Waals surface area contributed by atoms with Crippen LogP contribution in [0, 0.1) is 5.82 Å². The second-order valence-electron chi connectivity index (χ2n) is 4.03. The number of nitrogens with zero attached hydrogens (tertiary/aromatic N) is 1. The largest absolute Gasteiger partial charge is 0.394 e. The quantitative estimate of drug-likeness (QED) is 0.884. The number of aliphatic hydroxyl groups is 1. The van der Waals surface area contributed by atoms with Crippen molar-refractivity contribution < 1.29 is 19.0 Å². The van der Waals surface area contributed by atoms with E-state index in [0.29, 0.717) is 13.2 Å². The maximum absolute atomic E-state index is 13.7. The molecule has 1 saturated heterocycles. The number of amides is 1. The van der Waals surface area contributed by atoms with Gasteiger partial charge in [-0.3, -0.25) is 4.79 Å². The summed E-state index contributed by atoms with van der Waals surface area (Å²) < 4.78 is 18.8. The van der Waals surface area contributed by atoms with E-state index in [9.17, 15) is 14.3 Å². The van der Waals surface area contributed by atoms with Crippen molar-refractivity contribution in [2.45, 2.75) is 6.04 Å². The second-order valence-corrected chi connectivity index (χ2v) is 4.47. The first kappa shape index (κ1) is 13.3. The zero-order valence-electron chi connectivity index (χ0n) is 9.60. The summed E-state index contributed by atoms with van der Waals surface area (Å²) in [5.74, 6) is -1.11. The first-order valence-electron chi connectivity index (χ1n) is 5.58. The van der Waals surface area contributed by atoms with Gasteiger partial charge >= 0.3 is 0 Å². The van der Waals surface area contributed by atoms with E-state index in [1.165, 1.54) is 17.0 Å². The minimum Gasteiger partial charge on any atom is -0.394 e. The Bertz CT molecular complexity index is 455. The Hall–Kier alpha value is -1.17. The molecule has 0 spiro atoms. The Morgan fingerprint density at radius 2 is 2.39 bits per heavy atom. The van der Waals surface area contributed by atoms with Crippen molar-refractivity contribution in [3.8, 4) is 0 Å². The van der Waals surface area contributed by atoms with E-state index >= 15 is 0 Å². The van der Waals surface area contributed by atoms with E-state index in [0.717, 1.165) is 6.07 Å². The molecule has 1 amide bonds. The fourth-order valence-corrected chi connectivity index (χ4v) is 2.05. The molecule has 0 aromatic heterocycles. The van der Waals surface area contributed by atoms with E-state index in [1.807, 2.05) is 0 Å². The third-order valence-corrected chi connectivity index (χ3v) is 3.10. The van der Waals surface area contributed by atoms with Crippen LogP contribution in [-0.2, 0) is 4.74 Å². The van der Waals surface area contributed by atoms with E-state index in [-0.39, 0.29) is 23.8 Å². The van der Waals surface area contributed by atoms with Crippen LogP contribution in [0.1, 0.15) is 10.4 Å². The number of hydrogen-bond donors (Lipinski definition) is 1. The van der Waals surface area contributed by atoms with E-state index < -0.39 is 17.8 Å². The van der Waals surface area contributed by atoms with Crippen molar-refractivity contribution in [2.24, 2.45) is 0 Å². The third-order valence-electron chi connectivity index (χ3n) is 2.86. The fraction of sp³-hybridized carbons (Fsp3) is 0.417. The molecule has 1 aromatic rings. The van der Waals surface area contributed by atoms with Gasteiger partial charge in [0.05, 0.1) is 31.4 Å². The van der Waals surface area contributed by atoms with Crippen molar-refractivity contribution in [3.05, 3.63) is 34.6 Å². The number of carbonyl (C=O) groups excluding carboxylic acids is 1. The Morgan fingerprint density at radius 3 is 3.06 bits per heavy atom. The Morgan fingerprint density at radius 1 is 1.61 bits per heavy atom. The van der Waals surface area contributed by atoms with Crippen molar-refractivity contribution in [1.82, 2.24) is 4.90 Å². The van der Waals surface area contributed by atoms with Crippen molar-refractivity contribution >= 4 is 17.5 Å². The van der Waals surface area contributed by atoms with Crippen LogP contribution in [0.15, 0.2) is 18.2 Å². The number of carbonyl (C=O) groups is 1. The van der Waals surface area contributed by atoms with Crippen LogP contribution >= 0.6 is 11.6 Å². The third kappa shape index (κ3) is 2.63. The zero-order valence-corrected chi connectivity index (χ0v) is 10.4. The average Bonchev–Trinajstić information content (AvgIpc) is 2.38. The minimum absolute atomic E-state index is 0.0419.